The van der Waals surface area contributed by atoms with E-state index in [2.05, 4.69) is 21.6 Å². The molecule has 2 fully saturated rings. The summed E-state index contributed by atoms with van der Waals surface area (Å²) in [5.41, 5.74) is 7.12. The second kappa shape index (κ2) is 14.7. The number of rotatable bonds is 7. The summed E-state index contributed by atoms with van der Waals surface area (Å²) in [6.45, 7) is 9.20. The minimum absolute atomic E-state index is 0.0668. The van der Waals surface area contributed by atoms with Crippen LogP contribution in [0.4, 0.5) is 4.79 Å². The molecule has 13 nitrogen and oxygen atoms in total. The second-order valence-corrected chi connectivity index (χ2v) is 16.5. The van der Waals surface area contributed by atoms with Gasteiger partial charge in [-0.05, 0) is 52.2 Å². The van der Waals surface area contributed by atoms with Crippen LogP contribution in [0.2, 0.25) is 0 Å². The fourth-order valence-electron chi connectivity index (χ4n) is 6.78. The van der Waals surface area contributed by atoms with E-state index in [1.54, 1.807) is 38.9 Å². The molecule has 6 rings (SSSR count). The van der Waals surface area contributed by atoms with Gasteiger partial charge in [-0.2, -0.15) is 0 Å². The highest BCUT2D eigenvalue weighted by Gasteiger charge is 2.52. The standard InChI is InChI=1S/C38H48N6O7S/c1-6-25-22-38(25,39)42-34-32-20-27(50-33-21-30(24-13-9-7-10-14-24)40-31-19-26(49-5)16-17-28(31)33)23-44(32)35(45)29(41-36(46)51-37(2,3)4)15-11-8-12-18-52(47,48)43-34/h6-7,9-10,13-14,16-17,19,21,25,27,29,32H,1,8,11-12,15,18,20,22-23,39H2,2-5H3,(H,41,46)(H,42,43). The van der Waals surface area contributed by atoms with E-state index in [0.29, 0.717) is 54.8 Å². The molecule has 1 aromatic heterocycles. The maximum atomic E-state index is 14.6. The largest absolute Gasteiger partial charge is 0.497 e. The molecule has 2 aromatic carbocycles. The Morgan fingerprint density at radius 1 is 1.12 bits per heavy atom. The van der Waals surface area contributed by atoms with Gasteiger partial charge >= 0.3 is 6.09 Å². The zero-order valence-corrected chi connectivity index (χ0v) is 30.9. The number of hydrogen-bond donors (Lipinski definition) is 3. The highest BCUT2D eigenvalue weighted by Crippen LogP contribution is 2.40. The van der Waals surface area contributed by atoms with Gasteiger partial charge in [0.1, 0.15) is 35.1 Å². The Balaban J connectivity index is 1.40. The molecule has 5 atom stereocenters. The first kappa shape index (κ1) is 37.1. The Morgan fingerprint density at radius 2 is 1.88 bits per heavy atom. The van der Waals surface area contributed by atoms with Crippen molar-refractivity contribution >= 4 is 38.8 Å². The lowest BCUT2D eigenvalue weighted by molar-refractivity contribution is -0.133. The van der Waals surface area contributed by atoms with Crippen LogP contribution in [0.15, 0.2) is 71.6 Å². The Kier molecular flexibility index (Phi) is 10.5. The zero-order valence-electron chi connectivity index (χ0n) is 30.1. The summed E-state index contributed by atoms with van der Waals surface area (Å²) in [7, 11) is -2.34. The van der Waals surface area contributed by atoms with Gasteiger partial charge in [-0.15, -0.1) is 11.0 Å². The molecule has 5 unspecified atom stereocenters. The summed E-state index contributed by atoms with van der Waals surface area (Å²) in [6.07, 6.45) is 2.80. The van der Waals surface area contributed by atoms with Crippen LogP contribution in [-0.4, -0.2) is 85.0 Å². The number of pyridine rings is 1. The summed E-state index contributed by atoms with van der Waals surface area (Å²) < 4.78 is 48.9. The number of benzene rings is 2. The Labute approximate surface area is 305 Å². The number of methoxy groups -OCH3 is 1. The molecule has 0 radical (unpaired) electrons. The van der Waals surface area contributed by atoms with Crippen molar-refractivity contribution in [3.8, 4) is 22.8 Å². The summed E-state index contributed by atoms with van der Waals surface area (Å²) in [6, 6.07) is 15.3. The quantitative estimate of drug-likeness (QED) is 0.224. The summed E-state index contributed by atoms with van der Waals surface area (Å²) in [4.78, 5) is 34.0. The number of hydrogen-bond acceptors (Lipinski definition) is 10. The van der Waals surface area contributed by atoms with Crippen LogP contribution >= 0.6 is 0 Å². The number of amides is 2. The van der Waals surface area contributed by atoms with Gasteiger partial charge in [-0.1, -0.05) is 49.2 Å². The molecule has 2 amide bonds. The van der Waals surface area contributed by atoms with E-state index in [0.717, 1.165) is 10.9 Å². The first-order valence-corrected chi connectivity index (χ1v) is 19.3. The number of fused-ring (bicyclic) bond motifs is 2. The number of nitrogens with one attached hydrogen (secondary N) is 2. The van der Waals surface area contributed by atoms with Gasteiger partial charge in [0, 0.05) is 35.4 Å². The molecule has 1 aliphatic carbocycles. The van der Waals surface area contributed by atoms with Gasteiger partial charge in [0.2, 0.25) is 5.91 Å². The summed E-state index contributed by atoms with van der Waals surface area (Å²) in [5, 5.41) is 6.73. The number of nitrogens with zero attached hydrogens (tertiary/aromatic N) is 3. The SMILES string of the molecule is C=CC1CC1(N)N/C1=N\S(=O)(=O)CCCCCC(NC(=O)OC(C)(C)C)C(=O)N2CC(Oc3cc(-c4ccccc4)nc4cc(OC)ccc34)CC12. The van der Waals surface area contributed by atoms with E-state index in [1.807, 2.05) is 54.6 Å². The number of ether oxygens (including phenoxy) is 3. The number of alkyl carbamates (subject to hydrolysis) is 1. The van der Waals surface area contributed by atoms with Crippen LogP contribution in [0, 0.1) is 5.92 Å². The smallest absolute Gasteiger partial charge is 0.408 e. The van der Waals surface area contributed by atoms with Crippen molar-refractivity contribution in [3.05, 3.63) is 67.3 Å². The highest BCUT2D eigenvalue weighted by molar-refractivity contribution is 7.90. The van der Waals surface area contributed by atoms with Gasteiger partial charge in [0.15, 0.2) is 0 Å². The predicted molar refractivity (Wildman–Crippen MR) is 199 cm³/mol. The first-order chi connectivity index (χ1) is 24.7. The lowest BCUT2D eigenvalue weighted by Gasteiger charge is -2.32. The molecule has 2 aliphatic heterocycles. The number of carbonyl (C=O) groups excluding carboxylic acids is 2. The fraction of sp³-hybridized carbons (Fsp3) is 0.474. The topological polar surface area (TPSA) is 175 Å². The van der Waals surface area contributed by atoms with Crippen molar-refractivity contribution in [1.82, 2.24) is 20.5 Å². The van der Waals surface area contributed by atoms with Crippen molar-refractivity contribution in [2.24, 2.45) is 16.0 Å². The van der Waals surface area contributed by atoms with Crippen LogP contribution < -0.4 is 25.8 Å². The number of amidine groups is 1. The first-order valence-electron chi connectivity index (χ1n) is 17.7. The van der Waals surface area contributed by atoms with E-state index >= 15 is 0 Å². The third-order valence-corrected chi connectivity index (χ3v) is 10.8. The van der Waals surface area contributed by atoms with Crippen molar-refractivity contribution in [3.63, 3.8) is 0 Å². The average molecular weight is 733 g/mol. The van der Waals surface area contributed by atoms with Crippen molar-refractivity contribution in [1.29, 1.82) is 0 Å². The van der Waals surface area contributed by atoms with Crippen LogP contribution in [-0.2, 0) is 19.6 Å². The van der Waals surface area contributed by atoms with E-state index in [9.17, 15) is 18.0 Å². The molecule has 3 aliphatic rings. The van der Waals surface area contributed by atoms with Crippen molar-refractivity contribution in [2.75, 3.05) is 19.4 Å². The maximum absolute atomic E-state index is 14.6. The molecule has 0 bridgehead atoms. The molecular weight excluding hydrogens is 685 g/mol. The Hall–Kier alpha value is -4.69. The molecule has 1 saturated carbocycles. The second-order valence-electron chi connectivity index (χ2n) is 14.8. The molecule has 4 N–H and O–H groups in total. The Bertz CT molecular complexity index is 1970. The third-order valence-electron chi connectivity index (χ3n) is 9.53. The van der Waals surface area contributed by atoms with E-state index < -0.39 is 51.5 Å². The van der Waals surface area contributed by atoms with Gasteiger partial charge in [-0.25, -0.2) is 18.2 Å². The monoisotopic (exact) mass is 732 g/mol. The van der Waals surface area contributed by atoms with Crippen molar-refractivity contribution in [2.45, 2.75) is 88.7 Å². The van der Waals surface area contributed by atoms with Crippen LogP contribution in [0.25, 0.3) is 22.2 Å². The average Bonchev–Trinajstić information content (AvgIpc) is 3.55. The highest BCUT2D eigenvalue weighted by atomic mass is 32.2. The van der Waals surface area contributed by atoms with Gasteiger partial charge in [0.25, 0.3) is 10.0 Å². The molecule has 3 heterocycles. The molecule has 3 aromatic rings. The van der Waals surface area contributed by atoms with Gasteiger partial charge < -0.3 is 35.5 Å². The zero-order chi connectivity index (χ0) is 37.3. The minimum atomic E-state index is -3.93. The van der Waals surface area contributed by atoms with E-state index in [4.69, 9.17) is 24.9 Å². The van der Waals surface area contributed by atoms with Crippen LogP contribution in [0.5, 0.6) is 11.5 Å². The van der Waals surface area contributed by atoms with Gasteiger partial charge in [-0.3, -0.25) is 4.79 Å². The number of carbonyl (C=O) groups is 2. The number of sulfonamides is 1. The number of nitrogens with two attached hydrogens (primary N) is 1. The van der Waals surface area contributed by atoms with Crippen molar-refractivity contribution < 1.29 is 32.2 Å². The lowest BCUT2D eigenvalue weighted by atomic mass is 10.1. The molecule has 1 saturated heterocycles. The molecule has 14 heteroatoms. The normalized spacial score (nSPS) is 27.2. The van der Waals surface area contributed by atoms with Crippen LogP contribution in [0.1, 0.15) is 59.3 Å². The maximum Gasteiger partial charge on any atom is 0.408 e. The Morgan fingerprint density at radius 3 is 2.58 bits per heavy atom. The molecular formula is C38H48N6O7S. The van der Waals surface area contributed by atoms with E-state index in [-0.39, 0.29) is 30.5 Å². The fourth-order valence-corrected chi connectivity index (χ4v) is 7.91. The molecule has 0 spiro atoms. The third kappa shape index (κ3) is 8.67. The molecule has 278 valence electrons. The van der Waals surface area contributed by atoms with Gasteiger partial charge in [0.05, 0.1) is 42.3 Å². The predicted octanol–water partition coefficient (Wildman–Crippen LogP) is 4.90. The van der Waals surface area contributed by atoms with Crippen LogP contribution in [0.3, 0.4) is 0 Å². The summed E-state index contributed by atoms with van der Waals surface area (Å²) >= 11 is 0. The number of aromatic nitrogens is 1. The van der Waals surface area contributed by atoms with E-state index in [1.165, 1.54) is 0 Å². The summed E-state index contributed by atoms with van der Waals surface area (Å²) in [5.74, 6) is 0.559. The minimum Gasteiger partial charge on any atom is -0.497 e. The lowest BCUT2D eigenvalue weighted by Crippen LogP contribution is -2.57. The molecule has 52 heavy (non-hydrogen) atoms.